The van der Waals surface area contributed by atoms with Crippen LogP contribution in [0.2, 0.25) is 0 Å². The summed E-state index contributed by atoms with van der Waals surface area (Å²) in [6, 6.07) is 0. The Balaban J connectivity index is 3.20. The Morgan fingerprint density at radius 3 is 1.59 bits per heavy atom. The van der Waals surface area contributed by atoms with E-state index in [1.807, 2.05) is 0 Å². The van der Waals surface area contributed by atoms with Crippen molar-refractivity contribution < 1.29 is 0 Å². The Kier molecular flexibility index (Phi) is 18.2. The highest BCUT2D eigenvalue weighted by Crippen LogP contribution is 2.18. The minimum absolute atomic E-state index is 0.944. The lowest BCUT2D eigenvalue weighted by molar-refractivity contribution is 0.433. The van der Waals surface area contributed by atoms with Crippen molar-refractivity contribution in [2.45, 2.75) is 124 Å². The third-order valence-electron chi connectivity index (χ3n) is 4.58. The summed E-state index contributed by atoms with van der Waals surface area (Å²) in [4.78, 5) is 0. The van der Waals surface area contributed by atoms with Crippen molar-refractivity contribution in [3.05, 3.63) is 0 Å². The first-order chi connectivity index (χ1) is 10.8. The molecule has 0 aliphatic heterocycles. The molecule has 1 atom stereocenters. The highest BCUT2D eigenvalue weighted by molar-refractivity contribution is 4.98. The number of hydrogen-bond donors (Lipinski definition) is 0. The van der Waals surface area contributed by atoms with Crippen LogP contribution in [0.4, 0.5) is 0 Å². The summed E-state index contributed by atoms with van der Waals surface area (Å²) in [6.45, 7) is 6.97. The van der Waals surface area contributed by atoms with E-state index in [4.69, 9.17) is 0 Å². The van der Waals surface area contributed by atoms with Crippen molar-refractivity contribution in [1.82, 2.24) is 0 Å². The van der Waals surface area contributed by atoms with Crippen LogP contribution in [0.1, 0.15) is 124 Å². The molecular weight excluding hydrogens is 264 g/mol. The van der Waals surface area contributed by atoms with Gasteiger partial charge >= 0.3 is 0 Å². The van der Waals surface area contributed by atoms with Gasteiger partial charge in [0.05, 0.1) is 0 Å². The first-order valence-corrected chi connectivity index (χ1v) is 10.3. The zero-order valence-corrected chi connectivity index (χ0v) is 15.9. The van der Waals surface area contributed by atoms with Crippen molar-refractivity contribution in [1.29, 1.82) is 0 Å². The molecule has 0 nitrogen and oxygen atoms in total. The summed E-state index contributed by atoms with van der Waals surface area (Å²) in [7, 11) is 0. The lowest BCUT2D eigenvalue weighted by Gasteiger charge is -2.10. The fourth-order valence-corrected chi connectivity index (χ4v) is 2.92. The molecule has 0 saturated heterocycles. The Hall–Kier alpha value is -0.440. The average molecular weight is 307 g/mol. The molecule has 0 heteroatoms. The molecule has 0 rings (SSSR count). The topological polar surface area (TPSA) is 0 Å². The molecule has 0 saturated carbocycles. The quantitative estimate of drug-likeness (QED) is 0.213. The summed E-state index contributed by atoms with van der Waals surface area (Å²) in [6.07, 6.45) is 21.8. The maximum Gasteiger partial charge on any atom is 0.00886 e. The maximum atomic E-state index is 3.32. The second-order valence-corrected chi connectivity index (χ2v) is 7.07. The van der Waals surface area contributed by atoms with E-state index in [1.165, 1.54) is 89.9 Å². The Bertz CT molecular complexity index is 255. The molecule has 1 unspecified atom stereocenters. The third-order valence-corrected chi connectivity index (χ3v) is 4.58. The van der Waals surface area contributed by atoms with Gasteiger partial charge in [-0.25, -0.2) is 0 Å². The van der Waals surface area contributed by atoms with Crippen molar-refractivity contribution in [2.75, 3.05) is 0 Å². The summed E-state index contributed by atoms with van der Waals surface area (Å²) >= 11 is 0. The highest BCUT2D eigenvalue weighted by Gasteiger charge is 2.01. The minimum atomic E-state index is 0.944. The fourth-order valence-electron chi connectivity index (χ4n) is 2.92. The van der Waals surface area contributed by atoms with E-state index in [-0.39, 0.29) is 0 Å². The van der Waals surface area contributed by atoms with Gasteiger partial charge in [-0.2, -0.15) is 0 Å². The smallest absolute Gasteiger partial charge is 0.00886 e. The van der Waals surface area contributed by atoms with Gasteiger partial charge in [-0.3, -0.25) is 0 Å². The molecule has 0 spiro atoms. The largest absolute Gasteiger partial charge is 0.103 e. The fraction of sp³-hybridized carbons (Fsp3) is 0.909. The van der Waals surface area contributed by atoms with E-state index in [9.17, 15) is 0 Å². The van der Waals surface area contributed by atoms with Crippen LogP contribution < -0.4 is 0 Å². The molecule has 0 aliphatic carbocycles. The van der Waals surface area contributed by atoms with Crippen LogP contribution in [0.15, 0.2) is 0 Å². The Morgan fingerprint density at radius 1 is 0.545 bits per heavy atom. The summed E-state index contributed by atoms with van der Waals surface area (Å²) < 4.78 is 0. The SMILES string of the molecule is CCCCC#CCCCCCCC(C)CCCCCCCC. The predicted octanol–water partition coefficient (Wildman–Crippen LogP) is 7.91. The summed E-state index contributed by atoms with van der Waals surface area (Å²) in [5, 5.41) is 0. The van der Waals surface area contributed by atoms with Crippen molar-refractivity contribution in [3.8, 4) is 11.8 Å². The molecule has 0 fully saturated rings. The van der Waals surface area contributed by atoms with Crippen molar-refractivity contribution >= 4 is 0 Å². The minimum Gasteiger partial charge on any atom is -0.103 e. The van der Waals surface area contributed by atoms with Crippen LogP contribution in [0.3, 0.4) is 0 Å². The molecule has 22 heavy (non-hydrogen) atoms. The highest BCUT2D eigenvalue weighted by atomic mass is 14.1. The molecule has 0 bridgehead atoms. The van der Waals surface area contributed by atoms with E-state index in [1.54, 1.807) is 0 Å². The standard InChI is InChI=1S/C22H42/c1-4-6-8-10-12-13-14-15-17-19-21-22(3)20-18-16-11-9-7-5-2/h22H,4-9,11,13-21H2,1-3H3. The maximum absolute atomic E-state index is 3.32. The van der Waals surface area contributed by atoms with Crippen LogP contribution in [-0.4, -0.2) is 0 Å². The molecular formula is C22H42. The monoisotopic (exact) mass is 306 g/mol. The predicted molar refractivity (Wildman–Crippen MR) is 102 cm³/mol. The third kappa shape index (κ3) is 17.6. The first kappa shape index (κ1) is 21.6. The lowest BCUT2D eigenvalue weighted by atomic mass is 9.96. The molecule has 0 aromatic carbocycles. The first-order valence-electron chi connectivity index (χ1n) is 10.3. The summed E-state index contributed by atoms with van der Waals surface area (Å²) in [5.41, 5.74) is 0. The van der Waals surface area contributed by atoms with E-state index < -0.39 is 0 Å². The van der Waals surface area contributed by atoms with Gasteiger partial charge < -0.3 is 0 Å². The van der Waals surface area contributed by atoms with Gasteiger partial charge in [0, 0.05) is 12.8 Å². The van der Waals surface area contributed by atoms with Crippen LogP contribution >= 0.6 is 0 Å². The molecule has 0 amide bonds. The zero-order chi connectivity index (χ0) is 16.3. The van der Waals surface area contributed by atoms with Gasteiger partial charge in [0.15, 0.2) is 0 Å². The summed E-state index contributed by atoms with van der Waals surface area (Å²) in [5.74, 6) is 7.55. The van der Waals surface area contributed by atoms with Crippen LogP contribution in [-0.2, 0) is 0 Å². The Morgan fingerprint density at radius 2 is 1.00 bits per heavy atom. The molecule has 0 heterocycles. The zero-order valence-electron chi connectivity index (χ0n) is 15.9. The number of unbranched alkanes of at least 4 members (excludes halogenated alkanes) is 11. The molecule has 0 N–H and O–H groups in total. The number of hydrogen-bond acceptors (Lipinski definition) is 0. The second-order valence-electron chi connectivity index (χ2n) is 7.07. The normalized spacial score (nSPS) is 12.0. The molecule has 130 valence electrons. The number of rotatable bonds is 15. The average Bonchev–Trinajstić information content (AvgIpc) is 2.52. The second kappa shape index (κ2) is 18.6. The van der Waals surface area contributed by atoms with E-state index in [0.29, 0.717) is 0 Å². The van der Waals surface area contributed by atoms with E-state index in [2.05, 4.69) is 32.6 Å². The van der Waals surface area contributed by atoms with E-state index >= 15 is 0 Å². The van der Waals surface area contributed by atoms with Gasteiger partial charge in [-0.05, 0) is 18.8 Å². The lowest BCUT2D eigenvalue weighted by Crippen LogP contribution is -1.95. The van der Waals surface area contributed by atoms with Gasteiger partial charge in [-0.1, -0.05) is 97.8 Å². The van der Waals surface area contributed by atoms with E-state index in [0.717, 1.165) is 18.8 Å². The van der Waals surface area contributed by atoms with Crippen LogP contribution in [0.25, 0.3) is 0 Å². The van der Waals surface area contributed by atoms with Gasteiger partial charge in [0.1, 0.15) is 0 Å². The van der Waals surface area contributed by atoms with Gasteiger partial charge in [-0.15, -0.1) is 11.8 Å². The van der Waals surface area contributed by atoms with Crippen molar-refractivity contribution in [2.24, 2.45) is 5.92 Å². The van der Waals surface area contributed by atoms with Gasteiger partial charge in [0.25, 0.3) is 0 Å². The molecule has 0 aromatic heterocycles. The van der Waals surface area contributed by atoms with Crippen LogP contribution in [0.5, 0.6) is 0 Å². The Labute approximate surface area is 141 Å². The van der Waals surface area contributed by atoms with Crippen LogP contribution in [0, 0.1) is 17.8 Å². The van der Waals surface area contributed by atoms with Crippen molar-refractivity contribution in [3.63, 3.8) is 0 Å². The molecule has 0 aromatic rings. The van der Waals surface area contributed by atoms with Gasteiger partial charge in [0.2, 0.25) is 0 Å². The molecule has 0 aliphatic rings. The molecule has 0 radical (unpaired) electrons.